The van der Waals surface area contributed by atoms with Crippen LogP contribution < -0.4 is 5.32 Å². The van der Waals surface area contributed by atoms with Crippen LogP contribution in [0.25, 0.3) is 11.0 Å². The van der Waals surface area contributed by atoms with E-state index in [0.29, 0.717) is 17.5 Å². The van der Waals surface area contributed by atoms with Crippen molar-refractivity contribution in [3.63, 3.8) is 0 Å². The molecule has 0 aromatic carbocycles. The lowest BCUT2D eigenvalue weighted by Gasteiger charge is -2.18. The van der Waals surface area contributed by atoms with Gasteiger partial charge in [0.15, 0.2) is 5.82 Å². The van der Waals surface area contributed by atoms with E-state index < -0.39 is 36.0 Å². The third-order valence-corrected chi connectivity index (χ3v) is 4.80. The van der Waals surface area contributed by atoms with E-state index in [2.05, 4.69) is 33.5 Å². The highest BCUT2D eigenvalue weighted by molar-refractivity contribution is 7.80. The van der Waals surface area contributed by atoms with Gasteiger partial charge in [0, 0.05) is 32.8 Å². The maximum atomic E-state index is 12.5. The number of carbonyl (C=O) groups excluding carboxylic acids is 1. The molecule has 14 heteroatoms. The van der Waals surface area contributed by atoms with E-state index in [1.54, 1.807) is 30.5 Å². The number of nitrogens with zero attached hydrogens (tertiary/aromatic N) is 5. The molecular formula is C20H23F3N6O4S. The fraction of sp³-hybridized carbons (Fsp3) is 0.500. The number of nitrogens with one attached hydrogen (secondary N) is 1. The molecule has 0 radical (unpaired) electrons. The fourth-order valence-electron chi connectivity index (χ4n) is 3.31. The lowest BCUT2D eigenvalue weighted by Crippen LogP contribution is -2.33. The van der Waals surface area contributed by atoms with E-state index >= 15 is 0 Å². The summed E-state index contributed by atoms with van der Waals surface area (Å²) in [7, 11) is 3.51. The molecule has 0 spiro atoms. The van der Waals surface area contributed by atoms with Crippen LogP contribution in [-0.2, 0) is 14.3 Å². The Morgan fingerprint density at radius 3 is 2.88 bits per heavy atom. The maximum absolute atomic E-state index is 12.5. The van der Waals surface area contributed by atoms with E-state index in [1.165, 1.54) is 24.2 Å². The predicted octanol–water partition coefficient (Wildman–Crippen LogP) is 1.58. The monoisotopic (exact) mass is 500 g/mol. The second-order valence-corrected chi connectivity index (χ2v) is 8.30. The quantitative estimate of drug-likeness (QED) is 0.138. The summed E-state index contributed by atoms with van der Waals surface area (Å²) in [6, 6.07) is 2.03. The number of aliphatic hydroxyl groups excluding tert-OH is 1. The molecule has 1 aliphatic rings. The number of hydrogen-bond acceptors (Lipinski definition) is 8. The summed E-state index contributed by atoms with van der Waals surface area (Å²) in [5, 5.41) is 11.6. The van der Waals surface area contributed by atoms with Crippen LogP contribution >= 0.6 is 12.6 Å². The van der Waals surface area contributed by atoms with Gasteiger partial charge in [-0.25, -0.2) is 15.0 Å². The van der Waals surface area contributed by atoms with E-state index in [4.69, 9.17) is 9.47 Å². The molecule has 1 aliphatic heterocycles. The zero-order chi connectivity index (χ0) is 25.0. The molecule has 4 unspecified atom stereocenters. The van der Waals surface area contributed by atoms with Gasteiger partial charge >= 0.3 is 12.1 Å². The van der Waals surface area contributed by atoms with Crippen LogP contribution in [0.1, 0.15) is 25.1 Å². The summed E-state index contributed by atoms with van der Waals surface area (Å²) in [6.07, 6.45) is -2.12. The first-order valence-corrected chi connectivity index (χ1v) is 10.6. The molecule has 1 amide bonds. The highest BCUT2D eigenvalue weighted by Gasteiger charge is 2.39. The van der Waals surface area contributed by atoms with Crippen molar-refractivity contribution in [2.45, 2.75) is 43.4 Å². The van der Waals surface area contributed by atoms with Crippen molar-refractivity contribution in [3.8, 4) is 12.0 Å². The summed E-state index contributed by atoms with van der Waals surface area (Å²) in [5.74, 6) is 0.549. The molecule has 0 bridgehead atoms. The van der Waals surface area contributed by atoms with Crippen molar-refractivity contribution < 1.29 is 32.5 Å². The summed E-state index contributed by atoms with van der Waals surface area (Å²) in [6.45, 7) is 1.45. The highest BCUT2D eigenvalue weighted by atomic mass is 32.1. The Morgan fingerprint density at radius 2 is 2.26 bits per heavy atom. The van der Waals surface area contributed by atoms with Gasteiger partial charge in [-0.05, 0) is 12.8 Å². The van der Waals surface area contributed by atoms with Crippen LogP contribution in [-0.4, -0.2) is 81.3 Å². The SMILES string of the molecule is CC(S)OC1CC(n2cc(C#CNC(=O)C(F)(F)F)c3c(/N=C/N(C)C)ncnc32)OC1CO. The van der Waals surface area contributed by atoms with Gasteiger partial charge in [-0.1, -0.05) is 0 Å². The molecule has 10 nitrogen and oxygen atoms in total. The van der Waals surface area contributed by atoms with Gasteiger partial charge in [0.05, 0.1) is 35.4 Å². The molecule has 2 N–H and O–H groups in total. The molecule has 4 atom stereocenters. The number of alkyl halides is 3. The van der Waals surface area contributed by atoms with Crippen molar-refractivity contribution in [1.29, 1.82) is 0 Å². The zero-order valence-corrected chi connectivity index (χ0v) is 19.3. The number of ether oxygens (including phenoxy) is 2. The summed E-state index contributed by atoms with van der Waals surface area (Å²) in [4.78, 5) is 25.5. The van der Waals surface area contributed by atoms with Gasteiger partial charge in [0.1, 0.15) is 24.3 Å². The molecule has 3 rings (SSSR count). The number of carbonyl (C=O) groups is 1. The largest absolute Gasteiger partial charge is 0.472 e. The van der Waals surface area contributed by atoms with E-state index in [9.17, 15) is 23.1 Å². The van der Waals surface area contributed by atoms with Crippen LogP contribution in [0.3, 0.4) is 0 Å². The van der Waals surface area contributed by atoms with E-state index in [-0.39, 0.29) is 18.0 Å². The molecule has 1 fully saturated rings. The molecule has 3 heterocycles. The molecule has 1 saturated heterocycles. The Bertz CT molecular complexity index is 1130. The summed E-state index contributed by atoms with van der Waals surface area (Å²) < 4.78 is 50.8. The lowest BCUT2D eigenvalue weighted by atomic mass is 10.2. The number of halogens is 3. The first kappa shape index (κ1) is 25.8. The van der Waals surface area contributed by atoms with Crippen LogP contribution in [0.5, 0.6) is 0 Å². The number of rotatable bonds is 6. The van der Waals surface area contributed by atoms with Gasteiger partial charge in [0.2, 0.25) is 0 Å². The molecule has 34 heavy (non-hydrogen) atoms. The second-order valence-electron chi connectivity index (χ2n) is 7.58. The minimum absolute atomic E-state index is 0.220. The molecule has 0 aliphatic carbocycles. The van der Waals surface area contributed by atoms with Crippen molar-refractivity contribution >= 4 is 41.7 Å². The third-order valence-electron chi connectivity index (χ3n) is 4.67. The minimum Gasteiger partial charge on any atom is -0.394 e. The average molecular weight is 501 g/mol. The van der Waals surface area contributed by atoms with Crippen LogP contribution in [0.4, 0.5) is 19.0 Å². The van der Waals surface area contributed by atoms with Crippen LogP contribution in [0.2, 0.25) is 0 Å². The number of aromatic nitrogens is 3. The van der Waals surface area contributed by atoms with Gasteiger partial charge in [-0.3, -0.25) is 10.1 Å². The van der Waals surface area contributed by atoms with Crippen molar-refractivity contribution in [2.24, 2.45) is 4.99 Å². The van der Waals surface area contributed by atoms with E-state index in [0.717, 1.165) is 0 Å². The fourth-order valence-corrected chi connectivity index (χ4v) is 3.47. The third kappa shape index (κ3) is 5.98. The zero-order valence-electron chi connectivity index (χ0n) is 18.4. The Morgan fingerprint density at radius 1 is 1.53 bits per heavy atom. The molecule has 2 aromatic rings. The van der Waals surface area contributed by atoms with Crippen molar-refractivity contribution in [2.75, 3.05) is 20.7 Å². The van der Waals surface area contributed by atoms with Gasteiger partial charge in [0.25, 0.3) is 0 Å². The first-order valence-electron chi connectivity index (χ1n) is 10.1. The minimum atomic E-state index is -5.07. The first-order chi connectivity index (χ1) is 16.0. The van der Waals surface area contributed by atoms with E-state index in [1.807, 2.05) is 6.04 Å². The topological polar surface area (TPSA) is 114 Å². The predicted molar refractivity (Wildman–Crippen MR) is 119 cm³/mol. The van der Waals surface area contributed by atoms with Crippen LogP contribution in [0.15, 0.2) is 17.5 Å². The Balaban J connectivity index is 2.05. The average Bonchev–Trinajstić information content (AvgIpc) is 3.32. The van der Waals surface area contributed by atoms with Gasteiger partial charge in [-0.15, -0.1) is 12.6 Å². The normalized spacial score (nSPS) is 21.5. The summed E-state index contributed by atoms with van der Waals surface area (Å²) in [5.41, 5.74) is 0.185. The molecule has 2 aromatic heterocycles. The number of aliphatic imine (C=N–C) groups is 1. The van der Waals surface area contributed by atoms with Gasteiger partial charge in [-0.2, -0.15) is 13.2 Å². The Kier molecular flexibility index (Phi) is 8.03. The van der Waals surface area contributed by atoms with Crippen molar-refractivity contribution in [3.05, 3.63) is 18.1 Å². The lowest BCUT2D eigenvalue weighted by molar-refractivity contribution is -0.172. The number of amides is 1. The standard InChI is InChI=1S/C20H23F3N6O4S/c1-11(34)32-13-6-15(33-14(13)8-30)29-7-12(4-5-24-19(31)20(21,22)23)16-17(27-10-28(2)3)25-9-26-18(16)29/h7,9-11,13-15,30,34H,6,8H2,1-3H3,(H,24,31)/b27-10+. The number of fused-ring (bicyclic) bond motifs is 1. The highest BCUT2D eigenvalue weighted by Crippen LogP contribution is 2.36. The molecule has 184 valence electrons. The summed E-state index contributed by atoms with van der Waals surface area (Å²) >= 11 is 4.22. The van der Waals surface area contributed by atoms with Crippen LogP contribution in [0, 0.1) is 12.0 Å². The molecular weight excluding hydrogens is 477 g/mol. The maximum Gasteiger partial charge on any atom is 0.472 e. The van der Waals surface area contributed by atoms with Gasteiger partial charge < -0.3 is 24.0 Å². The number of hydrogen-bond donors (Lipinski definition) is 3. The number of aliphatic hydroxyl groups is 1. The Hall–Kier alpha value is -2.86. The number of thiol groups is 1. The molecule has 0 saturated carbocycles. The smallest absolute Gasteiger partial charge is 0.394 e. The second kappa shape index (κ2) is 10.6. The van der Waals surface area contributed by atoms with Crippen molar-refractivity contribution in [1.82, 2.24) is 24.8 Å². The Labute approximate surface area is 198 Å².